The van der Waals surface area contributed by atoms with Gasteiger partial charge in [0, 0.05) is 18.2 Å². The second kappa shape index (κ2) is 7.92. The molecule has 0 saturated heterocycles. The lowest BCUT2D eigenvalue weighted by Crippen LogP contribution is -2.38. The Labute approximate surface area is 108 Å². The topological polar surface area (TPSA) is 64.3 Å². The zero-order valence-electron chi connectivity index (χ0n) is 10.1. The summed E-state index contributed by atoms with van der Waals surface area (Å²) in [4.78, 5) is 11.6. The van der Waals surface area contributed by atoms with Crippen LogP contribution in [0.4, 0.5) is 0 Å². The highest BCUT2D eigenvalue weighted by atomic mass is 35.5. The molecule has 0 spiro atoms. The standard InChI is InChI=1S/C12H18N2O2.ClH/c1-9(8-13)14-12(15)7-10-5-3-4-6-11(10)16-2;/h3-6,9H,7-8,13H2,1-2H3,(H,14,15);1H/t9-;/m1./s1. The van der Waals surface area contributed by atoms with E-state index in [0.29, 0.717) is 13.0 Å². The van der Waals surface area contributed by atoms with E-state index < -0.39 is 0 Å². The molecule has 3 N–H and O–H groups in total. The van der Waals surface area contributed by atoms with E-state index in [1.54, 1.807) is 7.11 Å². The van der Waals surface area contributed by atoms with Crippen molar-refractivity contribution >= 4 is 18.3 Å². The summed E-state index contributed by atoms with van der Waals surface area (Å²) in [6, 6.07) is 7.49. The molecule has 0 heterocycles. The van der Waals surface area contributed by atoms with E-state index in [-0.39, 0.29) is 24.4 Å². The number of nitrogens with two attached hydrogens (primary N) is 1. The minimum Gasteiger partial charge on any atom is -0.496 e. The predicted octanol–water partition coefficient (Wildman–Crippen LogP) is 1.12. The number of rotatable bonds is 5. The van der Waals surface area contributed by atoms with Crippen molar-refractivity contribution in [2.24, 2.45) is 5.73 Å². The molecule has 4 nitrogen and oxygen atoms in total. The maximum absolute atomic E-state index is 11.6. The first-order valence-corrected chi connectivity index (χ1v) is 5.28. The Morgan fingerprint density at radius 1 is 1.47 bits per heavy atom. The van der Waals surface area contributed by atoms with E-state index in [0.717, 1.165) is 11.3 Å². The Morgan fingerprint density at radius 2 is 2.12 bits per heavy atom. The Bertz CT molecular complexity index is 358. The van der Waals surface area contributed by atoms with Gasteiger partial charge in [0.05, 0.1) is 13.5 Å². The molecular weight excluding hydrogens is 240 g/mol. The molecule has 0 fully saturated rings. The van der Waals surface area contributed by atoms with Gasteiger partial charge in [-0.05, 0) is 13.0 Å². The molecule has 0 unspecified atom stereocenters. The molecule has 0 aromatic heterocycles. The second-order valence-electron chi connectivity index (χ2n) is 3.69. The molecule has 0 radical (unpaired) electrons. The van der Waals surface area contributed by atoms with Crippen molar-refractivity contribution in [3.8, 4) is 5.75 Å². The highest BCUT2D eigenvalue weighted by Gasteiger charge is 2.09. The molecular formula is C12H19ClN2O2. The lowest BCUT2D eigenvalue weighted by atomic mass is 10.1. The fourth-order valence-electron chi connectivity index (χ4n) is 1.41. The minimum absolute atomic E-state index is 0. The molecule has 1 aromatic rings. The van der Waals surface area contributed by atoms with Gasteiger partial charge in [0.15, 0.2) is 0 Å². The largest absolute Gasteiger partial charge is 0.496 e. The van der Waals surface area contributed by atoms with Gasteiger partial charge in [0.1, 0.15) is 5.75 Å². The molecule has 0 bridgehead atoms. The first kappa shape index (κ1) is 15.7. The molecule has 0 aliphatic rings. The summed E-state index contributed by atoms with van der Waals surface area (Å²) in [5, 5.41) is 2.81. The Balaban J connectivity index is 0.00000256. The molecule has 1 aromatic carbocycles. The van der Waals surface area contributed by atoms with Crippen LogP contribution in [0, 0.1) is 0 Å². The number of hydrogen-bond donors (Lipinski definition) is 2. The van der Waals surface area contributed by atoms with Crippen LogP contribution in [0.15, 0.2) is 24.3 Å². The zero-order chi connectivity index (χ0) is 12.0. The van der Waals surface area contributed by atoms with Crippen LogP contribution in [-0.2, 0) is 11.2 Å². The van der Waals surface area contributed by atoms with Crippen molar-refractivity contribution in [1.82, 2.24) is 5.32 Å². The second-order valence-corrected chi connectivity index (χ2v) is 3.69. The number of nitrogens with one attached hydrogen (secondary N) is 1. The van der Waals surface area contributed by atoms with Crippen LogP contribution < -0.4 is 15.8 Å². The first-order valence-electron chi connectivity index (χ1n) is 5.28. The number of para-hydroxylation sites is 1. The number of amides is 1. The summed E-state index contributed by atoms with van der Waals surface area (Å²) in [6.45, 7) is 2.32. The maximum Gasteiger partial charge on any atom is 0.224 e. The van der Waals surface area contributed by atoms with Crippen LogP contribution in [0.2, 0.25) is 0 Å². The molecule has 1 atom stereocenters. The van der Waals surface area contributed by atoms with Gasteiger partial charge in [-0.1, -0.05) is 18.2 Å². The molecule has 0 aliphatic heterocycles. The summed E-state index contributed by atoms with van der Waals surface area (Å²) >= 11 is 0. The molecule has 0 saturated carbocycles. The zero-order valence-corrected chi connectivity index (χ0v) is 10.9. The molecule has 1 amide bonds. The summed E-state index contributed by atoms with van der Waals surface area (Å²) in [7, 11) is 1.60. The number of ether oxygens (including phenoxy) is 1. The number of benzene rings is 1. The van der Waals surface area contributed by atoms with Crippen LogP contribution in [-0.4, -0.2) is 25.6 Å². The van der Waals surface area contributed by atoms with Crippen molar-refractivity contribution in [3.63, 3.8) is 0 Å². The van der Waals surface area contributed by atoms with Gasteiger partial charge in [-0.15, -0.1) is 12.4 Å². The normalized spacial score (nSPS) is 11.2. The fraction of sp³-hybridized carbons (Fsp3) is 0.417. The Hall–Kier alpha value is -1.26. The smallest absolute Gasteiger partial charge is 0.224 e. The number of halogens is 1. The van der Waals surface area contributed by atoms with Gasteiger partial charge in [-0.3, -0.25) is 4.79 Å². The van der Waals surface area contributed by atoms with E-state index in [9.17, 15) is 4.79 Å². The number of carbonyl (C=O) groups is 1. The van der Waals surface area contributed by atoms with Crippen molar-refractivity contribution in [1.29, 1.82) is 0 Å². The third-order valence-electron chi connectivity index (χ3n) is 2.30. The minimum atomic E-state index is -0.0394. The van der Waals surface area contributed by atoms with Gasteiger partial charge < -0.3 is 15.8 Å². The summed E-state index contributed by atoms with van der Waals surface area (Å²) in [5.74, 6) is 0.695. The van der Waals surface area contributed by atoms with Gasteiger partial charge >= 0.3 is 0 Å². The lowest BCUT2D eigenvalue weighted by Gasteiger charge is -2.12. The predicted molar refractivity (Wildman–Crippen MR) is 70.6 cm³/mol. The van der Waals surface area contributed by atoms with Crippen LogP contribution >= 0.6 is 12.4 Å². The molecule has 96 valence electrons. The van der Waals surface area contributed by atoms with Crippen LogP contribution in [0.5, 0.6) is 5.75 Å². The quantitative estimate of drug-likeness (QED) is 0.832. The fourth-order valence-corrected chi connectivity index (χ4v) is 1.41. The van der Waals surface area contributed by atoms with E-state index in [4.69, 9.17) is 10.5 Å². The maximum atomic E-state index is 11.6. The summed E-state index contributed by atoms with van der Waals surface area (Å²) in [6.07, 6.45) is 0.314. The summed E-state index contributed by atoms with van der Waals surface area (Å²) < 4.78 is 5.17. The number of hydrogen-bond acceptors (Lipinski definition) is 3. The lowest BCUT2D eigenvalue weighted by molar-refractivity contribution is -0.121. The third-order valence-corrected chi connectivity index (χ3v) is 2.30. The molecule has 0 aliphatic carbocycles. The summed E-state index contributed by atoms with van der Waals surface area (Å²) in [5.41, 5.74) is 6.31. The van der Waals surface area contributed by atoms with Crippen LogP contribution in [0.1, 0.15) is 12.5 Å². The number of carbonyl (C=O) groups excluding carboxylic acids is 1. The average Bonchev–Trinajstić information content (AvgIpc) is 2.29. The highest BCUT2D eigenvalue weighted by Crippen LogP contribution is 2.17. The Morgan fingerprint density at radius 3 is 2.71 bits per heavy atom. The monoisotopic (exact) mass is 258 g/mol. The van der Waals surface area contributed by atoms with Gasteiger partial charge in [-0.25, -0.2) is 0 Å². The van der Waals surface area contributed by atoms with Crippen molar-refractivity contribution in [2.45, 2.75) is 19.4 Å². The van der Waals surface area contributed by atoms with Crippen LogP contribution in [0.3, 0.4) is 0 Å². The number of methoxy groups -OCH3 is 1. The SMILES string of the molecule is COc1ccccc1CC(=O)N[C@H](C)CN.Cl. The van der Waals surface area contributed by atoms with E-state index in [2.05, 4.69) is 5.32 Å². The van der Waals surface area contributed by atoms with Crippen molar-refractivity contribution in [3.05, 3.63) is 29.8 Å². The van der Waals surface area contributed by atoms with Crippen molar-refractivity contribution < 1.29 is 9.53 Å². The van der Waals surface area contributed by atoms with Gasteiger partial charge in [-0.2, -0.15) is 0 Å². The van der Waals surface area contributed by atoms with E-state index in [1.807, 2.05) is 31.2 Å². The van der Waals surface area contributed by atoms with E-state index >= 15 is 0 Å². The van der Waals surface area contributed by atoms with E-state index in [1.165, 1.54) is 0 Å². The van der Waals surface area contributed by atoms with Gasteiger partial charge in [0.2, 0.25) is 5.91 Å². The van der Waals surface area contributed by atoms with Crippen molar-refractivity contribution in [2.75, 3.05) is 13.7 Å². The molecule has 1 rings (SSSR count). The van der Waals surface area contributed by atoms with Crippen LogP contribution in [0.25, 0.3) is 0 Å². The molecule has 17 heavy (non-hydrogen) atoms. The first-order chi connectivity index (χ1) is 7.67. The highest BCUT2D eigenvalue weighted by molar-refractivity contribution is 5.85. The Kier molecular flexibility index (Phi) is 7.34. The average molecular weight is 259 g/mol. The van der Waals surface area contributed by atoms with Gasteiger partial charge in [0.25, 0.3) is 0 Å². The molecule has 5 heteroatoms. The third kappa shape index (κ3) is 5.06.